The van der Waals surface area contributed by atoms with Gasteiger partial charge in [0, 0.05) is 37.2 Å². The number of anilines is 4. The summed E-state index contributed by atoms with van der Waals surface area (Å²) in [7, 11) is 3.55. The molecule has 1 aliphatic rings. The molecule has 1 amide bonds. The fraction of sp³-hybridized carbons (Fsp3) is 0.429. The maximum Gasteiger partial charge on any atom is 0.256 e. The first kappa shape index (κ1) is 27.3. The van der Waals surface area contributed by atoms with Crippen LogP contribution in [0, 0.1) is 0 Å². The zero-order valence-corrected chi connectivity index (χ0v) is 23.6. The number of methoxy groups -OCH3 is 1. The summed E-state index contributed by atoms with van der Waals surface area (Å²) in [6.07, 6.45) is 5.66. The van der Waals surface area contributed by atoms with Crippen LogP contribution in [0.15, 0.2) is 41.3 Å². The second-order valence-corrected chi connectivity index (χ2v) is 10.9. The minimum atomic E-state index is -0.337. The highest BCUT2D eigenvalue weighted by Crippen LogP contribution is 2.31. The van der Waals surface area contributed by atoms with Gasteiger partial charge in [0.2, 0.25) is 5.95 Å². The number of amides is 1. The summed E-state index contributed by atoms with van der Waals surface area (Å²) in [6.45, 7) is 10.1. The van der Waals surface area contributed by atoms with Gasteiger partial charge in [0.25, 0.3) is 5.91 Å². The monoisotopic (exact) mass is 545 g/mol. The first-order valence-corrected chi connectivity index (χ1v) is 13.4. The lowest BCUT2D eigenvalue weighted by molar-refractivity contribution is 0.102. The zero-order valence-electron chi connectivity index (χ0n) is 23.6. The Morgan fingerprint density at radius 1 is 1.15 bits per heavy atom. The number of carbonyl (C=O) groups is 1. The fourth-order valence-electron chi connectivity index (χ4n) is 4.47. The average molecular weight is 546 g/mol. The smallest absolute Gasteiger partial charge is 0.256 e. The van der Waals surface area contributed by atoms with E-state index in [0.717, 1.165) is 26.2 Å². The molecule has 0 unspecified atom stereocenters. The summed E-state index contributed by atoms with van der Waals surface area (Å²) >= 11 is 0. The molecule has 1 aliphatic heterocycles. The summed E-state index contributed by atoms with van der Waals surface area (Å²) in [4.78, 5) is 35.6. The molecule has 0 bridgehead atoms. The highest BCUT2D eigenvalue weighted by atomic mass is 16.5. The molecule has 0 saturated carbocycles. The molecule has 1 saturated heterocycles. The molecular weight excluding hydrogens is 510 g/mol. The van der Waals surface area contributed by atoms with Gasteiger partial charge in [-0.1, -0.05) is 25.9 Å². The van der Waals surface area contributed by atoms with Crippen LogP contribution in [0.1, 0.15) is 49.7 Å². The Bertz CT molecular complexity index is 1490. The number of benzene rings is 1. The number of nitrogens with one attached hydrogen (secondary N) is 2. The standard InChI is InChI=1S/C28H35N9O3/c1-28(2,3)22-15-23(35-40-22)33-26(38)18-8-9-21(39-5)19(14-18)32-25-24-20(30-17-31-25)16-29-27(34-24)36(4)12-13-37-10-6-7-11-37/h8-9,14-17H,6-7,10-13H2,1-5H3,(H,30,31,32)(H,33,35,38). The maximum atomic E-state index is 13.0. The van der Waals surface area contributed by atoms with Gasteiger partial charge in [-0.2, -0.15) is 0 Å². The van der Waals surface area contributed by atoms with Crippen LogP contribution < -0.4 is 20.3 Å². The lowest BCUT2D eigenvalue weighted by Crippen LogP contribution is -2.32. The maximum absolute atomic E-state index is 13.0. The molecule has 5 rings (SSSR count). The first-order valence-electron chi connectivity index (χ1n) is 13.4. The van der Waals surface area contributed by atoms with Crippen LogP contribution >= 0.6 is 0 Å². The van der Waals surface area contributed by atoms with Crippen molar-refractivity contribution in [3.05, 3.63) is 48.1 Å². The van der Waals surface area contributed by atoms with Crippen LogP contribution in [0.2, 0.25) is 0 Å². The third-order valence-corrected chi connectivity index (χ3v) is 6.86. The number of aromatic nitrogens is 5. The quantitative estimate of drug-likeness (QED) is 0.313. The van der Waals surface area contributed by atoms with Crippen molar-refractivity contribution < 1.29 is 14.1 Å². The molecule has 4 aromatic rings. The zero-order chi connectivity index (χ0) is 28.3. The summed E-state index contributed by atoms with van der Waals surface area (Å²) in [6, 6.07) is 6.82. The van der Waals surface area contributed by atoms with E-state index in [0.29, 0.717) is 51.4 Å². The molecule has 12 nitrogen and oxygen atoms in total. The molecule has 0 atom stereocenters. The van der Waals surface area contributed by atoms with E-state index in [2.05, 4.69) is 35.6 Å². The van der Waals surface area contributed by atoms with Gasteiger partial charge in [-0.05, 0) is 44.1 Å². The summed E-state index contributed by atoms with van der Waals surface area (Å²) < 4.78 is 10.9. The number of rotatable bonds is 9. The number of hydrogen-bond acceptors (Lipinski definition) is 11. The molecule has 1 fully saturated rings. The SMILES string of the molecule is COc1ccc(C(=O)Nc2cc(C(C)(C)C)on2)cc1Nc1ncnc2cnc(N(C)CCN3CCCC3)nc12. The number of likely N-dealkylation sites (N-methyl/N-ethyl adjacent to an activating group) is 1. The Morgan fingerprint density at radius 2 is 1.95 bits per heavy atom. The van der Waals surface area contributed by atoms with Crippen LogP contribution in [0.25, 0.3) is 11.0 Å². The minimum absolute atomic E-state index is 0.223. The third-order valence-electron chi connectivity index (χ3n) is 6.86. The van der Waals surface area contributed by atoms with Gasteiger partial charge in [-0.25, -0.2) is 19.9 Å². The predicted molar refractivity (Wildman–Crippen MR) is 154 cm³/mol. The summed E-state index contributed by atoms with van der Waals surface area (Å²) in [5.74, 6) is 2.29. The Balaban J connectivity index is 1.37. The van der Waals surface area contributed by atoms with E-state index in [1.807, 2.05) is 32.7 Å². The molecule has 210 valence electrons. The van der Waals surface area contributed by atoms with Crippen molar-refractivity contribution in [3.8, 4) is 5.75 Å². The molecule has 2 N–H and O–H groups in total. The van der Waals surface area contributed by atoms with Crippen molar-refractivity contribution in [3.63, 3.8) is 0 Å². The number of ether oxygens (including phenoxy) is 1. The Morgan fingerprint density at radius 3 is 2.67 bits per heavy atom. The number of likely N-dealkylation sites (tertiary alicyclic amines) is 1. The Kier molecular flexibility index (Phi) is 7.78. The second kappa shape index (κ2) is 11.4. The summed E-state index contributed by atoms with van der Waals surface area (Å²) in [5, 5.41) is 10.1. The van der Waals surface area contributed by atoms with Crippen molar-refractivity contribution in [2.24, 2.45) is 0 Å². The van der Waals surface area contributed by atoms with Crippen molar-refractivity contribution in [2.75, 3.05) is 55.9 Å². The molecule has 4 heterocycles. The second-order valence-electron chi connectivity index (χ2n) is 10.9. The highest BCUT2D eigenvalue weighted by Gasteiger charge is 2.21. The number of fused-ring (bicyclic) bond motifs is 1. The van der Waals surface area contributed by atoms with Crippen molar-refractivity contribution in [2.45, 2.75) is 39.0 Å². The van der Waals surface area contributed by atoms with Gasteiger partial charge in [0.1, 0.15) is 28.9 Å². The Hall–Kier alpha value is -4.32. The van der Waals surface area contributed by atoms with Gasteiger partial charge in [-0.15, -0.1) is 0 Å². The fourth-order valence-corrected chi connectivity index (χ4v) is 4.47. The predicted octanol–water partition coefficient (Wildman–Crippen LogP) is 4.24. The lowest BCUT2D eigenvalue weighted by Gasteiger charge is -2.21. The van der Waals surface area contributed by atoms with Gasteiger partial charge in [0.05, 0.1) is 19.0 Å². The van der Waals surface area contributed by atoms with Gasteiger partial charge >= 0.3 is 0 Å². The van der Waals surface area contributed by atoms with Crippen molar-refractivity contribution in [1.29, 1.82) is 0 Å². The molecule has 0 aliphatic carbocycles. The van der Waals surface area contributed by atoms with Crippen molar-refractivity contribution in [1.82, 2.24) is 30.0 Å². The summed E-state index contributed by atoms with van der Waals surface area (Å²) in [5.41, 5.74) is 1.89. The molecule has 1 aromatic carbocycles. The van der Waals surface area contributed by atoms with Crippen LogP contribution in [-0.2, 0) is 5.41 Å². The van der Waals surface area contributed by atoms with Gasteiger partial charge < -0.3 is 29.7 Å². The number of hydrogen-bond donors (Lipinski definition) is 2. The normalized spacial score (nSPS) is 13.9. The van der Waals surface area contributed by atoms with E-state index < -0.39 is 0 Å². The first-order chi connectivity index (χ1) is 19.2. The van der Waals surface area contributed by atoms with E-state index in [4.69, 9.17) is 14.2 Å². The van der Waals surface area contributed by atoms with E-state index in [1.54, 1.807) is 37.6 Å². The Labute approximate surface area is 233 Å². The van der Waals surface area contributed by atoms with E-state index in [9.17, 15) is 4.79 Å². The van der Waals surface area contributed by atoms with Crippen LogP contribution in [0.4, 0.5) is 23.3 Å². The lowest BCUT2D eigenvalue weighted by atomic mass is 9.93. The molecule has 40 heavy (non-hydrogen) atoms. The molecular formula is C28H35N9O3. The van der Waals surface area contributed by atoms with Gasteiger partial charge in [0.15, 0.2) is 11.6 Å². The minimum Gasteiger partial charge on any atom is -0.495 e. The van der Waals surface area contributed by atoms with Crippen LogP contribution in [-0.4, -0.2) is 76.2 Å². The molecule has 0 radical (unpaired) electrons. The van der Waals surface area contributed by atoms with Crippen molar-refractivity contribution >= 4 is 40.2 Å². The molecule has 0 spiro atoms. The topological polar surface area (TPSA) is 134 Å². The number of nitrogens with zero attached hydrogens (tertiary/aromatic N) is 7. The number of carbonyl (C=O) groups excluding carboxylic acids is 1. The van der Waals surface area contributed by atoms with E-state index >= 15 is 0 Å². The molecule has 3 aromatic heterocycles. The van der Waals surface area contributed by atoms with E-state index in [-0.39, 0.29) is 11.3 Å². The largest absolute Gasteiger partial charge is 0.495 e. The van der Waals surface area contributed by atoms with Crippen LogP contribution in [0.3, 0.4) is 0 Å². The molecule has 12 heteroatoms. The van der Waals surface area contributed by atoms with Gasteiger partial charge in [-0.3, -0.25) is 4.79 Å². The average Bonchev–Trinajstić information content (AvgIpc) is 3.64. The third kappa shape index (κ3) is 6.12. The highest BCUT2D eigenvalue weighted by molar-refractivity contribution is 6.04. The van der Waals surface area contributed by atoms with E-state index in [1.165, 1.54) is 19.2 Å². The van der Waals surface area contributed by atoms with Crippen LogP contribution in [0.5, 0.6) is 5.75 Å².